The van der Waals surface area contributed by atoms with Gasteiger partial charge in [0.1, 0.15) is 0 Å². The van der Waals surface area contributed by atoms with Gasteiger partial charge in [0.25, 0.3) is 17.1 Å². The van der Waals surface area contributed by atoms with E-state index in [4.69, 9.17) is 0 Å². The number of hydrogen-bond acceptors (Lipinski definition) is 6. The lowest BCUT2D eigenvalue weighted by Crippen LogP contribution is -2.48. The van der Waals surface area contributed by atoms with Crippen LogP contribution in [0.1, 0.15) is 30.5 Å². The Morgan fingerprint density at radius 1 is 0.489 bits per heavy atom. The third-order valence-electron chi connectivity index (χ3n) is 9.75. The van der Waals surface area contributed by atoms with Crippen LogP contribution in [0.3, 0.4) is 0 Å². The van der Waals surface area contributed by atoms with Crippen LogP contribution >= 0.6 is 0 Å². The normalized spacial score (nSPS) is 22.8. The van der Waals surface area contributed by atoms with Crippen LogP contribution in [0, 0.1) is 41.2 Å². The highest BCUT2D eigenvalue weighted by atomic mass is 16.6. The molecule has 3 aromatic rings. The van der Waals surface area contributed by atoms with Crippen molar-refractivity contribution in [2.24, 2.45) is 10.8 Å². The average Bonchev–Trinajstić information content (AvgIpc) is 3.03. The molecule has 0 heterocycles. The molecule has 220 valence electrons. The monoisotopic (exact) mass is 595 g/mol. The minimum atomic E-state index is -0.742. The molecule has 4 aliphatic carbocycles. The first-order valence-electron chi connectivity index (χ1n) is 14.3. The minimum absolute atomic E-state index is 0.0166. The molecule has 0 aliphatic heterocycles. The number of benzene rings is 3. The first kappa shape index (κ1) is 27.8. The van der Waals surface area contributed by atoms with Crippen molar-refractivity contribution < 1.29 is 14.8 Å². The molecule has 0 radical (unpaired) electrons. The van der Waals surface area contributed by atoms with Crippen molar-refractivity contribution in [2.45, 2.75) is 13.8 Å². The SMILES string of the molecule is C[C@]12C3=CC(c4ccccc4[N+](=O)[O-])=CC1=CC(c1ccccc1[N+](=O)[O-])=C1C=C(c4ccccc4[N+](=O)[O-])C=C(C=C3)[C@@]12C. The Balaban J connectivity index is 1.58. The molecule has 45 heavy (non-hydrogen) atoms. The number of nitrogens with zero attached hydrogens (tertiary/aromatic N) is 3. The molecule has 0 saturated heterocycles. The van der Waals surface area contributed by atoms with Crippen LogP contribution in [0.15, 0.2) is 138 Å². The number of rotatable bonds is 6. The zero-order valence-corrected chi connectivity index (χ0v) is 24.3. The highest BCUT2D eigenvalue weighted by Crippen LogP contribution is 2.68. The molecule has 0 amide bonds. The molecule has 3 aromatic carbocycles. The summed E-state index contributed by atoms with van der Waals surface area (Å²) in [6, 6.07) is 19.7. The van der Waals surface area contributed by atoms with Gasteiger partial charge in [-0.3, -0.25) is 30.3 Å². The van der Waals surface area contributed by atoms with Crippen LogP contribution in [0.2, 0.25) is 0 Å². The summed E-state index contributed by atoms with van der Waals surface area (Å²) in [5.74, 6) is 0. The van der Waals surface area contributed by atoms with Crippen LogP contribution in [0.4, 0.5) is 17.1 Å². The van der Waals surface area contributed by atoms with Crippen molar-refractivity contribution in [3.63, 3.8) is 0 Å². The Kier molecular flexibility index (Phi) is 6.05. The fourth-order valence-corrected chi connectivity index (χ4v) is 7.30. The van der Waals surface area contributed by atoms with Gasteiger partial charge in [0.2, 0.25) is 0 Å². The lowest BCUT2D eigenvalue weighted by molar-refractivity contribution is -0.385. The third-order valence-corrected chi connectivity index (χ3v) is 9.75. The zero-order chi connectivity index (χ0) is 31.7. The fraction of sp³-hybridized carbons (Fsp3) is 0.111. The first-order valence-corrected chi connectivity index (χ1v) is 14.3. The highest BCUT2D eigenvalue weighted by Gasteiger charge is 2.58. The predicted octanol–water partition coefficient (Wildman–Crippen LogP) is 8.73. The van der Waals surface area contributed by atoms with Gasteiger partial charge in [-0.15, -0.1) is 0 Å². The van der Waals surface area contributed by atoms with E-state index < -0.39 is 25.6 Å². The summed E-state index contributed by atoms with van der Waals surface area (Å²) < 4.78 is 0. The molecule has 9 heteroatoms. The molecule has 0 bridgehead atoms. The Hall–Kier alpha value is -5.96. The maximum Gasteiger partial charge on any atom is 0.277 e. The van der Waals surface area contributed by atoms with Crippen LogP contribution in [0.25, 0.3) is 16.7 Å². The van der Waals surface area contributed by atoms with Crippen molar-refractivity contribution in [3.8, 4) is 0 Å². The summed E-state index contributed by atoms with van der Waals surface area (Å²) in [4.78, 5) is 35.0. The lowest BCUT2D eigenvalue weighted by atomic mass is 9.45. The van der Waals surface area contributed by atoms with Gasteiger partial charge in [0, 0.05) is 29.0 Å². The second-order valence-corrected chi connectivity index (χ2v) is 11.7. The average molecular weight is 596 g/mol. The van der Waals surface area contributed by atoms with E-state index in [-0.39, 0.29) is 17.1 Å². The molecule has 4 aliphatic rings. The van der Waals surface area contributed by atoms with Gasteiger partial charge in [-0.2, -0.15) is 0 Å². The van der Waals surface area contributed by atoms with E-state index in [0.717, 1.165) is 22.3 Å². The Morgan fingerprint density at radius 3 is 1.42 bits per heavy atom. The van der Waals surface area contributed by atoms with Gasteiger partial charge < -0.3 is 0 Å². The fourth-order valence-electron chi connectivity index (χ4n) is 7.30. The number of allylic oxidation sites excluding steroid dienone is 14. The minimum Gasteiger partial charge on any atom is -0.258 e. The van der Waals surface area contributed by atoms with Crippen molar-refractivity contribution in [3.05, 3.63) is 185 Å². The van der Waals surface area contributed by atoms with Crippen molar-refractivity contribution in [2.75, 3.05) is 0 Å². The first-order chi connectivity index (χ1) is 21.6. The van der Waals surface area contributed by atoms with Crippen molar-refractivity contribution in [1.29, 1.82) is 0 Å². The van der Waals surface area contributed by atoms with Crippen LogP contribution in [-0.2, 0) is 0 Å². The number of hydrogen-bond donors (Lipinski definition) is 0. The molecule has 0 unspecified atom stereocenters. The van der Waals surface area contributed by atoms with Crippen LogP contribution < -0.4 is 0 Å². The molecule has 2 atom stereocenters. The van der Waals surface area contributed by atoms with E-state index in [9.17, 15) is 30.3 Å². The van der Waals surface area contributed by atoms with Crippen LogP contribution in [-0.4, -0.2) is 14.8 Å². The van der Waals surface area contributed by atoms with Crippen molar-refractivity contribution in [1.82, 2.24) is 0 Å². The Morgan fingerprint density at radius 2 is 0.911 bits per heavy atom. The Labute approximate surface area is 257 Å². The summed E-state index contributed by atoms with van der Waals surface area (Å²) in [5, 5.41) is 36.3. The zero-order valence-electron chi connectivity index (χ0n) is 24.3. The van der Waals surface area contributed by atoms with E-state index in [0.29, 0.717) is 33.4 Å². The Bertz CT molecular complexity index is 2130. The molecule has 0 fully saturated rings. The summed E-state index contributed by atoms with van der Waals surface area (Å²) >= 11 is 0. The van der Waals surface area contributed by atoms with E-state index in [1.54, 1.807) is 54.6 Å². The van der Waals surface area contributed by atoms with E-state index >= 15 is 0 Å². The molecule has 0 aromatic heterocycles. The maximum absolute atomic E-state index is 12.3. The topological polar surface area (TPSA) is 129 Å². The molecule has 0 spiro atoms. The van der Waals surface area contributed by atoms with Gasteiger partial charge in [0.15, 0.2) is 0 Å². The summed E-state index contributed by atoms with van der Waals surface area (Å²) in [5.41, 5.74) is 5.22. The third kappa shape index (κ3) is 3.87. The number of nitro benzene ring substituents is 3. The van der Waals surface area contributed by atoms with Gasteiger partial charge in [-0.25, -0.2) is 0 Å². The molecule has 7 rings (SSSR count). The predicted molar refractivity (Wildman–Crippen MR) is 172 cm³/mol. The number of para-hydroxylation sites is 3. The second-order valence-electron chi connectivity index (χ2n) is 11.7. The second kappa shape index (κ2) is 9.78. The molecular formula is C36H25N3O6. The van der Waals surface area contributed by atoms with E-state index in [1.165, 1.54) is 18.2 Å². The van der Waals surface area contributed by atoms with E-state index in [1.807, 2.05) is 42.5 Å². The maximum atomic E-state index is 12.3. The smallest absolute Gasteiger partial charge is 0.258 e. The quantitative estimate of drug-likeness (QED) is 0.207. The van der Waals surface area contributed by atoms with Gasteiger partial charge in [-0.05, 0) is 87.6 Å². The number of nitro groups is 3. The van der Waals surface area contributed by atoms with Gasteiger partial charge in [0.05, 0.1) is 31.5 Å². The van der Waals surface area contributed by atoms with E-state index in [2.05, 4.69) is 13.8 Å². The van der Waals surface area contributed by atoms with Gasteiger partial charge >= 0.3 is 0 Å². The lowest BCUT2D eigenvalue weighted by Gasteiger charge is -2.57. The van der Waals surface area contributed by atoms with Crippen molar-refractivity contribution >= 4 is 33.8 Å². The molecule has 0 saturated carbocycles. The summed E-state index contributed by atoms with van der Waals surface area (Å²) in [6.07, 6.45) is 13.7. The molecule has 9 nitrogen and oxygen atoms in total. The standard InChI is InChI=1S/C36H25N3O6/c1-35-24-15-16-25-18-23(28-10-4-7-13-33(28)38(42)43)20-31(36(25,35)2)30(29-11-5-8-14-34(29)39(44)45)21-26(35)19-22(17-24)27-9-3-6-12-32(27)37(40)41/h3-21H,1-2H3/t35-,36-/m0/s1. The molecule has 0 N–H and O–H groups in total. The van der Waals surface area contributed by atoms with Crippen LogP contribution in [0.5, 0.6) is 0 Å². The summed E-state index contributed by atoms with van der Waals surface area (Å²) in [6.45, 7) is 4.22. The van der Waals surface area contributed by atoms with Gasteiger partial charge in [-0.1, -0.05) is 62.4 Å². The molecular weight excluding hydrogens is 570 g/mol. The highest BCUT2D eigenvalue weighted by molar-refractivity contribution is 5.97. The summed E-state index contributed by atoms with van der Waals surface area (Å²) in [7, 11) is 0. The largest absolute Gasteiger partial charge is 0.277 e.